The van der Waals surface area contributed by atoms with Crippen LogP contribution in [0.2, 0.25) is 0 Å². The lowest BCUT2D eigenvalue weighted by molar-refractivity contribution is 0.103. The van der Waals surface area contributed by atoms with Gasteiger partial charge in [-0.2, -0.15) is 0 Å². The first-order valence-electron chi connectivity index (χ1n) is 8.67. The molecular formula is C20H17N3O4S2. The monoisotopic (exact) mass is 427 g/mol. The van der Waals surface area contributed by atoms with Gasteiger partial charge in [-0.1, -0.05) is 0 Å². The van der Waals surface area contributed by atoms with Gasteiger partial charge in [0, 0.05) is 17.3 Å². The summed E-state index contributed by atoms with van der Waals surface area (Å²) in [5, 5.41) is 3.66. The maximum atomic E-state index is 12.8. The number of sulfone groups is 1. The van der Waals surface area contributed by atoms with Gasteiger partial charge in [-0.15, -0.1) is 11.3 Å². The van der Waals surface area contributed by atoms with Gasteiger partial charge in [0.05, 0.1) is 21.7 Å². The number of aromatic nitrogens is 2. The Kier molecular flexibility index (Phi) is 4.71. The number of hydrogen-bond donors (Lipinski definition) is 1. The van der Waals surface area contributed by atoms with Gasteiger partial charge >= 0.3 is 0 Å². The fourth-order valence-corrected chi connectivity index (χ4v) is 4.80. The standard InChI is InChI=1S/C20H17N3O4S2/c1-11-16-12(2)21-18(15-5-4-10-27-15)23-20(16)28-17(11)19(24)22-13-6-8-14(9-7-13)29(3,25)26/h4-10H,1-3H3,(H,22,24). The minimum absolute atomic E-state index is 0.199. The minimum atomic E-state index is -3.29. The molecule has 0 spiro atoms. The Morgan fingerprint density at radius 1 is 1.10 bits per heavy atom. The zero-order valence-electron chi connectivity index (χ0n) is 15.9. The fraction of sp³-hybridized carbons (Fsp3) is 0.150. The summed E-state index contributed by atoms with van der Waals surface area (Å²) in [6.07, 6.45) is 2.70. The molecule has 0 aliphatic carbocycles. The number of nitrogens with one attached hydrogen (secondary N) is 1. The summed E-state index contributed by atoms with van der Waals surface area (Å²) in [4.78, 5) is 23.3. The maximum absolute atomic E-state index is 12.8. The molecule has 0 aliphatic heterocycles. The van der Waals surface area contributed by atoms with Crippen molar-refractivity contribution in [2.45, 2.75) is 18.7 Å². The molecule has 4 rings (SSSR count). The van der Waals surface area contributed by atoms with Crippen LogP contribution in [0.25, 0.3) is 21.8 Å². The normalized spacial score (nSPS) is 11.7. The van der Waals surface area contributed by atoms with Gasteiger partial charge < -0.3 is 9.73 Å². The van der Waals surface area contributed by atoms with Crippen molar-refractivity contribution in [3.05, 3.63) is 58.8 Å². The summed E-state index contributed by atoms with van der Waals surface area (Å²) in [6.45, 7) is 3.74. The number of carbonyl (C=O) groups excluding carboxylic acids is 1. The number of rotatable bonds is 4. The number of amides is 1. The largest absolute Gasteiger partial charge is 0.461 e. The average Bonchev–Trinajstić information content (AvgIpc) is 3.30. The average molecular weight is 428 g/mol. The van der Waals surface area contributed by atoms with E-state index in [2.05, 4.69) is 15.3 Å². The van der Waals surface area contributed by atoms with E-state index in [0.29, 0.717) is 27.0 Å². The predicted molar refractivity (Wildman–Crippen MR) is 112 cm³/mol. The summed E-state index contributed by atoms with van der Waals surface area (Å²) >= 11 is 1.28. The van der Waals surface area contributed by atoms with Crippen molar-refractivity contribution in [3.63, 3.8) is 0 Å². The second-order valence-electron chi connectivity index (χ2n) is 6.60. The maximum Gasteiger partial charge on any atom is 0.266 e. The number of hydrogen-bond acceptors (Lipinski definition) is 7. The smallest absolute Gasteiger partial charge is 0.266 e. The third-order valence-electron chi connectivity index (χ3n) is 4.46. The molecular weight excluding hydrogens is 410 g/mol. The molecule has 0 unspecified atom stereocenters. The van der Waals surface area contributed by atoms with E-state index >= 15 is 0 Å². The highest BCUT2D eigenvalue weighted by molar-refractivity contribution is 7.90. The molecule has 29 heavy (non-hydrogen) atoms. The van der Waals surface area contributed by atoms with Crippen LogP contribution in [0.3, 0.4) is 0 Å². The predicted octanol–water partition coefficient (Wildman–Crippen LogP) is 4.22. The molecule has 4 aromatic rings. The molecule has 3 aromatic heterocycles. The van der Waals surface area contributed by atoms with Crippen LogP contribution in [0.5, 0.6) is 0 Å². The Balaban J connectivity index is 1.67. The number of benzene rings is 1. The van der Waals surface area contributed by atoms with E-state index in [4.69, 9.17) is 4.42 Å². The lowest BCUT2D eigenvalue weighted by Crippen LogP contribution is -2.11. The van der Waals surface area contributed by atoms with Crippen LogP contribution in [0, 0.1) is 13.8 Å². The van der Waals surface area contributed by atoms with Crippen LogP contribution < -0.4 is 5.32 Å². The van der Waals surface area contributed by atoms with Gasteiger partial charge in [-0.05, 0) is 55.8 Å². The number of aryl methyl sites for hydroxylation is 2. The Labute approximate surface area is 171 Å². The van der Waals surface area contributed by atoms with Crippen LogP contribution in [0.1, 0.15) is 20.9 Å². The minimum Gasteiger partial charge on any atom is -0.461 e. The number of anilines is 1. The van der Waals surface area contributed by atoms with E-state index in [0.717, 1.165) is 22.9 Å². The van der Waals surface area contributed by atoms with Crippen molar-refractivity contribution in [2.24, 2.45) is 0 Å². The second-order valence-corrected chi connectivity index (χ2v) is 9.61. The van der Waals surface area contributed by atoms with E-state index in [1.54, 1.807) is 30.5 Å². The summed E-state index contributed by atoms with van der Waals surface area (Å²) in [5.74, 6) is 0.763. The Morgan fingerprint density at radius 2 is 1.83 bits per heavy atom. The molecule has 148 valence electrons. The van der Waals surface area contributed by atoms with Crippen molar-refractivity contribution in [1.29, 1.82) is 0 Å². The molecule has 0 fully saturated rings. The molecule has 1 aromatic carbocycles. The van der Waals surface area contributed by atoms with Gasteiger partial charge in [0.15, 0.2) is 21.4 Å². The van der Waals surface area contributed by atoms with E-state index in [9.17, 15) is 13.2 Å². The molecule has 1 N–H and O–H groups in total. The lowest BCUT2D eigenvalue weighted by atomic mass is 10.1. The van der Waals surface area contributed by atoms with E-state index in [1.165, 1.54) is 23.5 Å². The van der Waals surface area contributed by atoms with Crippen LogP contribution in [-0.2, 0) is 9.84 Å². The Hall–Kier alpha value is -3.04. The molecule has 1 amide bonds. The second kappa shape index (κ2) is 7.09. The summed E-state index contributed by atoms with van der Waals surface area (Å²) in [5.41, 5.74) is 2.09. The van der Waals surface area contributed by atoms with Crippen LogP contribution in [0.4, 0.5) is 5.69 Å². The van der Waals surface area contributed by atoms with E-state index < -0.39 is 9.84 Å². The van der Waals surface area contributed by atoms with Gasteiger partial charge in [-0.25, -0.2) is 18.4 Å². The van der Waals surface area contributed by atoms with Gasteiger partial charge in [0.2, 0.25) is 0 Å². The SMILES string of the molecule is Cc1nc(-c2ccco2)nc2sc(C(=O)Nc3ccc(S(C)(=O)=O)cc3)c(C)c12. The zero-order valence-corrected chi connectivity index (χ0v) is 17.5. The molecule has 3 heterocycles. The highest BCUT2D eigenvalue weighted by Crippen LogP contribution is 2.33. The molecule has 0 saturated heterocycles. The number of fused-ring (bicyclic) bond motifs is 1. The first-order chi connectivity index (χ1) is 13.7. The number of furan rings is 1. The molecule has 0 radical (unpaired) electrons. The number of nitrogens with zero attached hydrogens (tertiary/aromatic N) is 2. The summed E-state index contributed by atoms with van der Waals surface area (Å²) < 4.78 is 28.5. The summed E-state index contributed by atoms with van der Waals surface area (Å²) in [6, 6.07) is 9.62. The van der Waals surface area contributed by atoms with Gasteiger partial charge in [-0.3, -0.25) is 4.79 Å². The highest BCUT2D eigenvalue weighted by atomic mass is 32.2. The summed E-state index contributed by atoms with van der Waals surface area (Å²) in [7, 11) is -3.29. The first kappa shape index (κ1) is 19.3. The molecule has 0 aliphatic rings. The van der Waals surface area contributed by atoms with Crippen molar-refractivity contribution < 1.29 is 17.6 Å². The van der Waals surface area contributed by atoms with Crippen molar-refractivity contribution in [3.8, 4) is 11.6 Å². The van der Waals surface area contributed by atoms with Crippen LogP contribution in [-0.4, -0.2) is 30.5 Å². The molecule has 0 bridgehead atoms. The molecule has 7 nitrogen and oxygen atoms in total. The molecule has 0 saturated carbocycles. The van der Waals surface area contributed by atoms with Crippen LogP contribution >= 0.6 is 11.3 Å². The van der Waals surface area contributed by atoms with Crippen molar-refractivity contribution >= 4 is 43.0 Å². The van der Waals surface area contributed by atoms with E-state index in [-0.39, 0.29) is 10.8 Å². The Morgan fingerprint density at radius 3 is 2.45 bits per heavy atom. The van der Waals surface area contributed by atoms with Gasteiger partial charge in [0.25, 0.3) is 5.91 Å². The van der Waals surface area contributed by atoms with E-state index in [1.807, 2.05) is 13.8 Å². The van der Waals surface area contributed by atoms with Crippen molar-refractivity contribution in [2.75, 3.05) is 11.6 Å². The lowest BCUT2D eigenvalue weighted by Gasteiger charge is -2.05. The molecule has 0 atom stereocenters. The van der Waals surface area contributed by atoms with Gasteiger partial charge in [0.1, 0.15) is 4.83 Å². The highest BCUT2D eigenvalue weighted by Gasteiger charge is 2.20. The zero-order chi connectivity index (χ0) is 20.8. The molecule has 9 heteroatoms. The van der Waals surface area contributed by atoms with Crippen molar-refractivity contribution in [1.82, 2.24) is 9.97 Å². The topological polar surface area (TPSA) is 102 Å². The Bertz CT molecular complexity index is 1320. The third kappa shape index (κ3) is 3.66. The quantitative estimate of drug-likeness (QED) is 0.523. The number of thiophene rings is 1. The fourth-order valence-electron chi connectivity index (χ4n) is 3.04. The van der Waals surface area contributed by atoms with Crippen LogP contribution in [0.15, 0.2) is 52.0 Å². The first-order valence-corrected chi connectivity index (χ1v) is 11.4. The number of carbonyl (C=O) groups is 1. The third-order valence-corrected chi connectivity index (χ3v) is 6.77.